The van der Waals surface area contributed by atoms with E-state index in [0.29, 0.717) is 32.5 Å². The first-order valence-corrected chi connectivity index (χ1v) is 14.5. The van der Waals surface area contributed by atoms with Crippen molar-refractivity contribution in [1.82, 2.24) is 5.32 Å². The van der Waals surface area contributed by atoms with Gasteiger partial charge in [-0.3, -0.25) is 14.4 Å². The minimum atomic E-state index is -0.596. The summed E-state index contributed by atoms with van der Waals surface area (Å²) < 4.78 is 13.4. The smallest absolute Gasteiger partial charge is 0.272 e. The third-order valence-corrected chi connectivity index (χ3v) is 7.86. The zero-order chi connectivity index (χ0) is 30.2. The lowest BCUT2D eigenvalue weighted by Gasteiger charge is -2.14. The van der Waals surface area contributed by atoms with Crippen LogP contribution < -0.4 is 16.0 Å². The Morgan fingerprint density at radius 3 is 2.07 bits per heavy atom. The molecule has 42 heavy (non-hydrogen) atoms. The van der Waals surface area contributed by atoms with Crippen molar-refractivity contribution in [3.63, 3.8) is 0 Å². The predicted molar refractivity (Wildman–Crippen MR) is 169 cm³/mol. The van der Waals surface area contributed by atoms with E-state index in [0.717, 1.165) is 4.90 Å². The van der Waals surface area contributed by atoms with Crippen molar-refractivity contribution >= 4 is 81.7 Å². The number of benzene rings is 4. The molecule has 1 atom stereocenters. The number of thioether (sulfide) groups is 1. The first-order valence-electron chi connectivity index (χ1n) is 12.5. The molecule has 0 aliphatic heterocycles. The van der Waals surface area contributed by atoms with Gasteiger partial charge in [0.25, 0.3) is 11.8 Å². The van der Waals surface area contributed by atoms with Crippen LogP contribution in [0.3, 0.4) is 0 Å². The quantitative estimate of drug-likeness (QED) is 0.127. The zero-order valence-electron chi connectivity index (χ0n) is 22.0. The predicted octanol–water partition coefficient (Wildman–Crippen LogP) is 8.31. The van der Waals surface area contributed by atoms with Crippen LogP contribution in [0.15, 0.2) is 102 Å². The average molecular weight is 643 g/mol. The van der Waals surface area contributed by atoms with Crippen molar-refractivity contribution in [2.24, 2.45) is 0 Å². The maximum absolute atomic E-state index is 13.4. The van der Waals surface area contributed by atoms with Gasteiger partial charge in [0.1, 0.15) is 11.5 Å². The summed E-state index contributed by atoms with van der Waals surface area (Å²) in [6.07, 6.45) is 1.42. The molecule has 214 valence electrons. The monoisotopic (exact) mass is 641 g/mol. The summed E-state index contributed by atoms with van der Waals surface area (Å²) in [6, 6.07) is 24.2. The van der Waals surface area contributed by atoms with Gasteiger partial charge in [-0.1, -0.05) is 59.1 Å². The van der Waals surface area contributed by atoms with Crippen LogP contribution in [0.4, 0.5) is 15.8 Å². The number of rotatable bonds is 9. The Labute approximate surface area is 261 Å². The molecule has 0 spiro atoms. The highest BCUT2D eigenvalue weighted by Gasteiger charge is 2.18. The number of hydrogen-bond acceptors (Lipinski definition) is 4. The lowest BCUT2D eigenvalue weighted by molar-refractivity contribution is -0.115. The van der Waals surface area contributed by atoms with Gasteiger partial charge in [0, 0.05) is 37.4 Å². The second-order valence-corrected chi connectivity index (χ2v) is 11.5. The maximum Gasteiger partial charge on any atom is 0.272 e. The van der Waals surface area contributed by atoms with E-state index in [4.69, 9.17) is 34.8 Å². The minimum absolute atomic E-state index is 0.0662. The van der Waals surface area contributed by atoms with Crippen molar-refractivity contribution in [3.8, 4) is 0 Å². The van der Waals surface area contributed by atoms with Gasteiger partial charge in [0.05, 0.1) is 10.3 Å². The lowest BCUT2D eigenvalue weighted by atomic mass is 10.1. The number of carbonyl (C=O) groups excluding carboxylic acids is 3. The molecule has 0 heterocycles. The van der Waals surface area contributed by atoms with Gasteiger partial charge in [0.2, 0.25) is 5.91 Å². The molecule has 4 aromatic rings. The van der Waals surface area contributed by atoms with E-state index in [1.165, 1.54) is 36.0 Å². The molecule has 0 saturated heterocycles. The number of carbonyl (C=O) groups is 3. The molecule has 0 aliphatic carbocycles. The summed E-state index contributed by atoms with van der Waals surface area (Å²) in [7, 11) is 0. The summed E-state index contributed by atoms with van der Waals surface area (Å²) in [5.41, 5.74) is 1.51. The van der Waals surface area contributed by atoms with Gasteiger partial charge in [-0.2, -0.15) is 0 Å². The Bertz CT molecular complexity index is 1630. The largest absolute Gasteiger partial charge is 0.325 e. The van der Waals surface area contributed by atoms with Gasteiger partial charge in [-0.05, 0) is 79.7 Å². The van der Waals surface area contributed by atoms with Crippen molar-refractivity contribution in [2.75, 3.05) is 10.6 Å². The third-order valence-electron chi connectivity index (χ3n) is 5.80. The van der Waals surface area contributed by atoms with Crippen LogP contribution in [-0.2, 0) is 9.59 Å². The first kappa shape index (κ1) is 31.1. The van der Waals surface area contributed by atoms with Crippen LogP contribution in [0.25, 0.3) is 6.08 Å². The van der Waals surface area contributed by atoms with Gasteiger partial charge < -0.3 is 16.0 Å². The summed E-state index contributed by atoms with van der Waals surface area (Å²) in [5.74, 6) is -1.94. The van der Waals surface area contributed by atoms with Gasteiger partial charge in [-0.25, -0.2) is 4.39 Å². The second kappa shape index (κ2) is 14.4. The molecule has 6 nitrogen and oxygen atoms in total. The van der Waals surface area contributed by atoms with Crippen molar-refractivity contribution < 1.29 is 18.8 Å². The molecule has 0 bridgehead atoms. The molecule has 0 aliphatic rings. The molecule has 4 rings (SSSR count). The topological polar surface area (TPSA) is 87.3 Å². The number of nitrogens with one attached hydrogen (secondary N) is 3. The summed E-state index contributed by atoms with van der Waals surface area (Å²) in [6.45, 7) is 1.73. The Hall–Kier alpha value is -3.82. The molecule has 1 unspecified atom stereocenters. The fourth-order valence-electron chi connectivity index (χ4n) is 3.63. The first-order chi connectivity index (χ1) is 20.1. The van der Waals surface area contributed by atoms with Crippen molar-refractivity contribution in [3.05, 3.63) is 129 Å². The van der Waals surface area contributed by atoms with Crippen LogP contribution in [0, 0.1) is 5.82 Å². The van der Waals surface area contributed by atoms with E-state index in [1.807, 2.05) is 0 Å². The summed E-state index contributed by atoms with van der Waals surface area (Å²) in [5, 5.41) is 8.16. The van der Waals surface area contributed by atoms with E-state index in [2.05, 4.69) is 16.0 Å². The Kier molecular flexibility index (Phi) is 10.7. The number of halogens is 4. The van der Waals surface area contributed by atoms with Crippen LogP contribution in [-0.4, -0.2) is 23.0 Å². The van der Waals surface area contributed by atoms with Crippen molar-refractivity contribution in [2.45, 2.75) is 17.1 Å². The molecule has 4 aromatic carbocycles. The Balaban J connectivity index is 1.46. The van der Waals surface area contributed by atoms with Crippen molar-refractivity contribution in [1.29, 1.82) is 0 Å². The summed E-state index contributed by atoms with van der Waals surface area (Å²) in [4.78, 5) is 39.5. The lowest BCUT2D eigenvalue weighted by Crippen LogP contribution is -2.30. The molecule has 0 saturated carbocycles. The van der Waals surface area contributed by atoms with Crippen LogP contribution in [0.2, 0.25) is 15.1 Å². The summed E-state index contributed by atoms with van der Waals surface area (Å²) >= 11 is 19.7. The fraction of sp³-hybridized carbons (Fsp3) is 0.0645. The van der Waals surface area contributed by atoms with E-state index in [-0.39, 0.29) is 16.6 Å². The molecule has 0 radical (unpaired) electrons. The van der Waals surface area contributed by atoms with Gasteiger partial charge in [0.15, 0.2) is 0 Å². The molecular weight excluding hydrogens is 620 g/mol. The van der Waals surface area contributed by atoms with Gasteiger partial charge in [-0.15, -0.1) is 11.8 Å². The van der Waals surface area contributed by atoms with E-state index < -0.39 is 22.9 Å². The number of anilines is 2. The SMILES string of the molecule is CC(Sc1ccc(NC(=O)/C(=C/c2c(Cl)cccc2Cl)NC(=O)c2ccccc2)cc1)C(=O)Nc1ccc(F)c(Cl)c1. The highest BCUT2D eigenvalue weighted by molar-refractivity contribution is 8.00. The fourth-order valence-corrected chi connectivity index (χ4v) is 5.18. The van der Waals surface area contributed by atoms with E-state index in [9.17, 15) is 18.8 Å². The number of hydrogen-bond donors (Lipinski definition) is 3. The zero-order valence-corrected chi connectivity index (χ0v) is 25.0. The molecule has 0 aromatic heterocycles. The third kappa shape index (κ3) is 8.36. The highest BCUT2D eigenvalue weighted by atomic mass is 35.5. The minimum Gasteiger partial charge on any atom is -0.325 e. The Morgan fingerprint density at radius 2 is 1.43 bits per heavy atom. The second-order valence-electron chi connectivity index (χ2n) is 8.87. The molecule has 3 amide bonds. The normalized spacial score (nSPS) is 11.9. The number of amides is 3. The van der Waals surface area contributed by atoms with Crippen LogP contribution in [0.5, 0.6) is 0 Å². The molecule has 11 heteroatoms. The van der Waals surface area contributed by atoms with Crippen LogP contribution in [0.1, 0.15) is 22.8 Å². The van der Waals surface area contributed by atoms with Crippen LogP contribution >= 0.6 is 46.6 Å². The molecule has 3 N–H and O–H groups in total. The standard InChI is InChI=1S/C31H23Cl3FN3O3S/c1-18(29(39)37-21-12-15-27(35)26(34)16-21)42-22-13-10-20(11-14-22)36-31(41)28(17-23-24(32)8-5-9-25(23)33)38-30(40)19-6-3-2-4-7-19/h2-18H,1H3,(H,36,41)(H,37,39)(H,38,40)/b28-17-. The molecule has 0 fully saturated rings. The highest BCUT2D eigenvalue weighted by Crippen LogP contribution is 2.28. The van der Waals surface area contributed by atoms with Gasteiger partial charge >= 0.3 is 0 Å². The van der Waals surface area contributed by atoms with E-state index in [1.54, 1.807) is 79.7 Å². The average Bonchev–Trinajstić information content (AvgIpc) is 2.97. The maximum atomic E-state index is 13.4. The van der Waals surface area contributed by atoms with E-state index >= 15 is 0 Å². The molecular formula is C31H23Cl3FN3O3S. The Morgan fingerprint density at radius 1 is 0.786 bits per heavy atom.